The second-order valence-electron chi connectivity index (χ2n) is 3.22. The quantitative estimate of drug-likeness (QED) is 0.499. The highest BCUT2D eigenvalue weighted by Gasteiger charge is 2.20. The van der Waals surface area contributed by atoms with E-state index in [1.54, 1.807) is 0 Å². The highest BCUT2D eigenvalue weighted by molar-refractivity contribution is 5.73. The molecule has 0 aromatic heterocycles. The summed E-state index contributed by atoms with van der Waals surface area (Å²) >= 11 is 0. The van der Waals surface area contributed by atoms with Crippen LogP contribution in [0.3, 0.4) is 0 Å². The second-order valence-corrected chi connectivity index (χ2v) is 3.22. The van der Waals surface area contributed by atoms with Crippen molar-refractivity contribution >= 4 is 11.7 Å². The molecule has 1 aromatic rings. The maximum atomic E-state index is 10.6. The van der Waals surface area contributed by atoms with Gasteiger partial charge in [0.05, 0.1) is 11.0 Å². The van der Waals surface area contributed by atoms with E-state index >= 15 is 0 Å². The smallest absolute Gasteiger partial charge is 0.320 e. The average Bonchev–Trinajstić information content (AvgIpc) is 2.20. The maximum absolute atomic E-state index is 10.6. The number of hydrogen-bond donors (Lipinski definition) is 3. The maximum Gasteiger partial charge on any atom is 0.320 e. The SMILES string of the molecule is NC(Cc1ccc(O)cc1[N+](=O)[O-])C(=O)O. The predicted molar refractivity (Wildman–Crippen MR) is 54.1 cm³/mol. The van der Waals surface area contributed by atoms with Gasteiger partial charge in [-0.1, -0.05) is 0 Å². The van der Waals surface area contributed by atoms with Gasteiger partial charge < -0.3 is 15.9 Å². The van der Waals surface area contributed by atoms with Gasteiger partial charge in [0.1, 0.15) is 11.8 Å². The molecular weight excluding hydrogens is 216 g/mol. The summed E-state index contributed by atoms with van der Waals surface area (Å²) in [5.74, 6) is -1.48. The summed E-state index contributed by atoms with van der Waals surface area (Å²) in [6.45, 7) is 0. The number of nitrogens with zero attached hydrogens (tertiary/aromatic N) is 1. The molecule has 0 aliphatic rings. The number of hydrogen-bond acceptors (Lipinski definition) is 5. The zero-order valence-corrected chi connectivity index (χ0v) is 8.16. The molecule has 0 bridgehead atoms. The molecule has 0 fully saturated rings. The van der Waals surface area contributed by atoms with Crippen molar-refractivity contribution in [2.75, 3.05) is 0 Å². The molecule has 0 amide bonds. The first-order chi connectivity index (χ1) is 7.41. The summed E-state index contributed by atoms with van der Waals surface area (Å²) < 4.78 is 0. The fraction of sp³-hybridized carbons (Fsp3) is 0.222. The first-order valence-electron chi connectivity index (χ1n) is 4.36. The zero-order chi connectivity index (χ0) is 12.3. The summed E-state index contributed by atoms with van der Waals surface area (Å²) in [5.41, 5.74) is 5.11. The van der Waals surface area contributed by atoms with E-state index in [9.17, 15) is 14.9 Å². The number of phenols is 1. The first kappa shape index (κ1) is 11.9. The summed E-state index contributed by atoms with van der Waals surface area (Å²) in [6, 6.07) is 2.29. The van der Waals surface area contributed by atoms with Crippen LogP contribution in [0.1, 0.15) is 5.56 Å². The van der Waals surface area contributed by atoms with E-state index in [2.05, 4.69) is 0 Å². The van der Waals surface area contributed by atoms with Crippen LogP contribution < -0.4 is 5.73 Å². The highest BCUT2D eigenvalue weighted by Crippen LogP contribution is 2.24. The van der Waals surface area contributed by atoms with Gasteiger partial charge >= 0.3 is 5.97 Å². The molecule has 0 spiro atoms. The lowest BCUT2D eigenvalue weighted by atomic mass is 10.0. The number of nitro benzene ring substituents is 1. The molecule has 0 radical (unpaired) electrons. The number of nitro groups is 1. The molecule has 4 N–H and O–H groups in total. The van der Waals surface area contributed by atoms with Crippen molar-refractivity contribution in [1.29, 1.82) is 0 Å². The van der Waals surface area contributed by atoms with Crippen LogP contribution in [-0.2, 0) is 11.2 Å². The van der Waals surface area contributed by atoms with E-state index in [0.29, 0.717) is 0 Å². The number of nitrogens with two attached hydrogens (primary N) is 1. The topological polar surface area (TPSA) is 127 Å². The van der Waals surface area contributed by atoms with Crippen molar-refractivity contribution < 1.29 is 19.9 Å². The summed E-state index contributed by atoms with van der Waals surface area (Å²) in [5, 5.41) is 28.3. The Balaban J connectivity index is 3.04. The Hall–Kier alpha value is -2.15. The van der Waals surface area contributed by atoms with Crippen LogP contribution in [-0.4, -0.2) is 27.1 Å². The molecule has 0 aliphatic heterocycles. The number of aliphatic carboxylic acids is 1. The molecule has 0 heterocycles. The zero-order valence-electron chi connectivity index (χ0n) is 8.16. The Labute approximate surface area is 90.3 Å². The summed E-state index contributed by atoms with van der Waals surface area (Å²) in [6.07, 6.45) is -0.161. The largest absolute Gasteiger partial charge is 0.508 e. The molecule has 1 unspecified atom stereocenters. The minimum Gasteiger partial charge on any atom is -0.508 e. The molecule has 1 rings (SSSR count). The van der Waals surface area contributed by atoms with Crippen molar-refractivity contribution in [3.8, 4) is 5.75 Å². The lowest BCUT2D eigenvalue weighted by Crippen LogP contribution is -2.32. The Kier molecular flexibility index (Phi) is 3.41. The molecule has 86 valence electrons. The van der Waals surface area contributed by atoms with Gasteiger partial charge in [-0.2, -0.15) is 0 Å². The molecule has 7 heteroatoms. The molecule has 0 saturated carbocycles. The third kappa shape index (κ3) is 2.67. The molecule has 0 aliphatic carbocycles. The first-order valence-corrected chi connectivity index (χ1v) is 4.36. The standard InChI is InChI=1S/C9H10N2O5/c10-7(9(13)14)3-5-1-2-6(12)4-8(5)11(15)16/h1-2,4,7,12H,3,10H2,(H,13,14). The highest BCUT2D eigenvalue weighted by atomic mass is 16.6. The van der Waals surface area contributed by atoms with Crippen LogP contribution in [0.15, 0.2) is 18.2 Å². The second kappa shape index (κ2) is 4.58. The Bertz CT molecular complexity index is 432. The third-order valence-corrected chi connectivity index (χ3v) is 2.02. The number of benzene rings is 1. The Morgan fingerprint density at radius 2 is 2.19 bits per heavy atom. The van der Waals surface area contributed by atoms with Gasteiger partial charge in [-0.3, -0.25) is 14.9 Å². The van der Waals surface area contributed by atoms with Crippen molar-refractivity contribution in [3.63, 3.8) is 0 Å². The lowest BCUT2D eigenvalue weighted by molar-refractivity contribution is -0.385. The van der Waals surface area contributed by atoms with E-state index in [-0.39, 0.29) is 23.4 Å². The summed E-state index contributed by atoms with van der Waals surface area (Å²) in [4.78, 5) is 20.4. The fourth-order valence-corrected chi connectivity index (χ4v) is 1.22. The summed E-state index contributed by atoms with van der Waals surface area (Å²) in [7, 11) is 0. The minimum absolute atomic E-state index is 0.161. The van der Waals surface area contributed by atoms with Crippen LogP contribution >= 0.6 is 0 Å². The predicted octanol–water partition coefficient (Wildman–Crippen LogP) is 0.255. The van der Waals surface area contributed by atoms with Crippen molar-refractivity contribution in [2.45, 2.75) is 12.5 Å². The molecular formula is C9H10N2O5. The molecule has 7 nitrogen and oxygen atoms in total. The van der Waals surface area contributed by atoms with E-state index in [4.69, 9.17) is 15.9 Å². The van der Waals surface area contributed by atoms with Gasteiger partial charge in [-0.15, -0.1) is 0 Å². The van der Waals surface area contributed by atoms with Gasteiger partial charge in [0.2, 0.25) is 0 Å². The minimum atomic E-state index is -1.23. The normalized spacial score (nSPS) is 12.1. The van der Waals surface area contributed by atoms with E-state index in [0.717, 1.165) is 6.07 Å². The van der Waals surface area contributed by atoms with Gasteiger partial charge in [-0.05, 0) is 12.1 Å². The van der Waals surface area contributed by atoms with Crippen molar-refractivity contribution in [2.24, 2.45) is 5.73 Å². The molecule has 1 aromatic carbocycles. The number of rotatable bonds is 4. The Morgan fingerprint density at radius 3 is 2.69 bits per heavy atom. The monoisotopic (exact) mass is 226 g/mol. The van der Waals surface area contributed by atoms with Gasteiger partial charge in [0, 0.05) is 12.0 Å². The van der Waals surface area contributed by atoms with E-state index in [1.165, 1.54) is 12.1 Å². The molecule has 1 atom stereocenters. The van der Waals surface area contributed by atoms with E-state index < -0.39 is 16.9 Å². The van der Waals surface area contributed by atoms with Crippen LogP contribution in [0.2, 0.25) is 0 Å². The fourth-order valence-electron chi connectivity index (χ4n) is 1.22. The van der Waals surface area contributed by atoms with Crippen LogP contribution in [0.25, 0.3) is 0 Å². The van der Waals surface area contributed by atoms with Gasteiger partial charge in [-0.25, -0.2) is 0 Å². The molecule has 16 heavy (non-hydrogen) atoms. The van der Waals surface area contributed by atoms with Gasteiger partial charge in [0.15, 0.2) is 0 Å². The van der Waals surface area contributed by atoms with Crippen LogP contribution in [0, 0.1) is 10.1 Å². The van der Waals surface area contributed by atoms with Crippen molar-refractivity contribution in [1.82, 2.24) is 0 Å². The number of phenolic OH excluding ortho intramolecular Hbond substituents is 1. The average molecular weight is 226 g/mol. The number of carbonyl (C=O) groups is 1. The van der Waals surface area contributed by atoms with E-state index in [1.807, 2.05) is 0 Å². The van der Waals surface area contributed by atoms with Crippen LogP contribution in [0.5, 0.6) is 5.75 Å². The number of carboxylic acid groups (broad SMARTS) is 1. The van der Waals surface area contributed by atoms with Crippen LogP contribution in [0.4, 0.5) is 5.69 Å². The number of aromatic hydroxyl groups is 1. The van der Waals surface area contributed by atoms with Crippen molar-refractivity contribution in [3.05, 3.63) is 33.9 Å². The molecule has 0 saturated heterocycles. The third-order valence-electron chi connectivity index (χ3n) is 2.02. The number of carboxylic acids is 1. The van der Waals surface area contributed by atoms with Gasteiger partial charge in [0.25, 0.3) is 5.69 Å². The lowest BCUT2D eigenvalue weighted by Gasteiger charge is -2.07. The Morgan fingerprint density at radius 1 is 1.56 bits per heavy atom.